The molecule has 2 saturated heterocycles. The third-order valence-corrected chi connectivity index (χ3v) is 12.0. The summed E-state index contributed by atoms with van der Waals surface area (Å²) in [7, 11) is 0. The Morgan fingerprint density at radius 3 is 2.47 bits per heavy atom. The van der Waals surface area contributed by atoms with Crippen LogP contribution in [0.3, 0.4) is 0 Å². The molecule has 0 bridgehead atoms. The van der Waals surface area contributed by atoms with E-state index < -0.39 is 18.0 Å². The summed E-state index contributed by atoms with van der Waals surface area (Å²) in [6.07, 6.45) is 8.31. The summed E-state index contributed by atoms with van der Waals surface area (Å²) in [5, 5.41) is 31.8. The second kappa shape index (κ2) is 7.40. The standard InChI is InChI=1S/C27H44O5/c1-15-6-9-27(31-13-15)16(2)24-23(32-27)11-20-18-5-4-17-10-21(29)22(30)12-25(17,3)19(18)7-8-26(20,24)14-28/h15-24,28-30H,4-14H2,1-3H3/t15-,16+,17-,18-,19+,20+,21+,22+,23+,24+,25+,26-,27-/m1/s1. The van der Waals surface area contributed by atoms with Crippen LogP contribution in [0.2, 0.25) is 0 Å². The van der Waals surface area contributed by atoms with Crippen LogP contribution in [-0.2, 0) is 9.47 Å². The van der Waals surface area contributed by atoms with Gasteiger partial charge in [-0.05, 0) is 86.4 Å². The highest BCUT2D eigenvalue weighted by molar-refractivity contribution is 5.16. The Morgan fingerprint density at radius 2 is 1.75 bits per heavy atom. The van der Waals surface area contributed by atoms with Crippen LogP contribution < -0.4 is 0 Å². The number of fused-ring (bicyclic) bond motifs is 7. The van der Waals surface area contributed by atoms with Gasteiger partial charge in [0.2, 0.25) is 0 Å². The average molecular weight is 449 g/mol. The molecule has 182 valence electrons. The quantitative estimate of drug-likeness (QED) is 0.570. The fourth-order valence-electron chi connectivity index (χ4n) is 10.3. The number of aliphatic hydroxyl groups is 3. The summed E-state index contributed by atoms with van der Waals surface area (Å²) in [6.45, 7) is 8.06. The van der Waals surface area contributed by atoms with Crippen molar-refractivity contribution in [1.29, 1.82) is 0 Å². The molecular formula is C27H44O5. The van der Waals surface area contributed by atoms with Crippen LogP contribution in [0.5, 0.6) is 0 Å². The van der Waals surface area contributed by atoms with Crippen LogP contribution in [0.1, 0.15) is 78.6 Å². The Morgan fingerprint density at radius 1 is 0.938 bits per heavy atom. The van der Waals surface area contributed by atoms with Gasteiger partial charge in [0, 0.05) is 30.3 Å². The van der Waals surface area contributed by atoms with Gasteiger partial charge in [0.25, 0.3) is 0 Å². The van der Waals surface area contributed by atoms with Crippen LogP contribution in [0.4, 0.5) is 0 Å². The summed E-state index contributed by atoms with van der Waals surface area (Å²) >= 11 is 0. The van der Waals surface area contributed by atoms with E-state index in [0.717, 1.165) is 58.0 Å². The number of rotatable bonds is 1. The third-order valence-electron chi connectivity index (χ3n) is 12.0. The van der Waals surface area contributed by atoms with Gasteiger partial charge in [-0.25, -0.2) is 0 Å². The maximum atomic E-state index is 10.9. The molecule has 0 unspecified atom stereocenters. The van der Waals surface area contributed by atoms with Crippen molar-refractivity contribution in [3.63, 3.8) is 0 Å². The largest absolute Gasteiger partial charge is 0.396 e. The average Bonchev–Trinajstić information content (AvgIpc) is 3.23. The summed E-state index contributed by atoms with van der Waals surface area (Å²) in [6, 6.07) is 0. The van der Waals surface area contributed by atoms with Crippen LogP contribution in [-0.4, -0.2) is 52.6 Å². The molecule has 0 aromatic carbocycles. The molecule has 0 aromatic heterocycles. The molecule has 4 aliphatic carbocycles. The molecule has 0 radical (unpaired) electrons. The minimum atomic E-state index is -0.587. The smallest absolute Gasteiger partial charge is 0.171 e. The molecule has 13 atom stereocenters. The van der Waals surface area contributed by atoms with Crippen LogP contribution in [0, 0.1) is 52.3 Å². The van der Waals surface area contributed by atoms with Gasteiger partial charge in [-0.1, -0.05) is 20.8 Å². The van der Waals surface area contributed by atoms with E-state index in [1.54, 1.807) is 0 Å². The molecule has 0 amide bonds. The lowest BCUT2D eigenvalue weighted by molar-refractivity contribution is -0.273. The third kappa shape index (κ3) is 2.81. The zero-order valence-corrected chi connectivity index (χ0v) is 20.2. The van der Waals surface area contributed by atoms with Crippen molar-refractivity contribution in [2.24, 2.45) is 52.3 Å². The van der Waals surface area contributed by atoms with Gasteiger partial charge >= 0.3 is 0 Å². The van der Waals surface area contributed by atoms with Crippen molar-refractivity contribution in [2.45, 2.75) is 103 Å². The molecule has 6 fully saturated rings. The van der Waals surface area contributed by atoms with Crippen LogP contribution >= 0.6 is 0 Å². The fraction of sp³-hybridized carbons (Fsp3) is 1.00. The first-order valence-electron chi connectivity index (χ1n) is 13.5. The SMILES string of the molecule is C[C@@H]1CC[C@@]2(OC1)O[C@H]1C[C@H]3[C@@H]4CC[C@@H]5C[C@H](O)[C@@H](O)C[C@]5(C)[C@H]4CC[C@]3(CO)[C@H]1[C@@H]2C. The van der Waals surface area contributed by atoms with E-state index in [2.05, 4.69) is 20.8 Å². The lowest BCUT2D eigenvalue weighted by atomic mass is 9.44. The van der Waals surface area contributed by atoms with Crippen molar-refractivity contribution in [2.75, 3.05) is 13.2 Å². The first-order valence-corrected chi connectivity index (χ1v) is 13.5. The van der Waals surface area contributed by atoms with E-state index in [1.807, 2.05) is 0 Å². The Kier molecular flexibility index (Phi) is 5.15. The minimum Gasteiger partial charge on any atom is -0.396 e. The van der Waals surface area contributed by atoms with E-state index in [9.17, 15) is 15.3 Å². The lowest BCUT2D eigenvalue weighted by Crippen LogP contribution is -2.58. The predicted octanol–water partition coefficient (Wildman–Crippen LogP) is 3.74. The molecule has 5 nitrogen and oxygen atoms in total. The highest BCUT2D eigenvalue weighted by Gasteiger charge is 2.70. The van der Waals surface area contributed by atoms with E-state index in [1.165, 1.54) is 6.42 Å². The Balaban J connectivity index is 1.29. The number of hydrogen-bond acceptors (Lipinski definition) is 5. The second-order valence-corrected chi connectivity index (χ2v) is 13.1. The molecule has 4 saturated carbocycles. The topological polar surface area (TPSA) is 79.2 Å². The maximum absolute atomic E-state index is 10.9. The molecule has 1 spiro atoms. The molecule has 5 heteroatoms. The van der Waals surface area contributed by atoms with Gasteiger partial charge in [-0.2, -0.15) is 0 Å². The number of aliphatic hydroxyl groups excluding tert-OH is 3. The summed E-state index contributed by atoms with van der Waals surface area (Å²) in [4.78, 5) is 0. The molecular weight excluding hydrogens is 404 g/mol. The zero-order valence-electron chi connectivity index (χ0n) is 20.2. The van der Waals surface area contributed by atoms with Gasteiger partial charge in [0.1, 0.15) is 0 Å². The molecule has 2 heterocycles. The minimum absolute atomic E-state index is 0.0445. The van der Waals surface area contributed by atoms with Gasteiger partial charge in [-0.15, -0.1) is 0 Å². The highest BCUT2D eigenvalue weighted by atomic mass is 16.7. The maximum Gasteiger partial charge on any atom is 0.171 e. The number of ether oxygens (including phenoxy) is 2. The van der Waals surface area contributed by atoms with E-state index in [4.69, 9.17) is 9.47 Å². The summed E-state index contributed by atoms with van der Waals surface area (Å²) in [5.74, 6) is 3.09. The molecule has 6 aliphatic rings. The fourth-order valence-corrected chi connectivity index (χ4v) is 10.3. The van der Waals surface area contributed by atoms with Gasteiger partial charge in [-0.3, -0.25) is 0 Å². The molecule has 32 heavy (non-hydrogen) atoms. The lowest BCUT2D eigenvalue weighted by Gasteiger charge is -2.62. The first-order chi connectivity index (χ1) is 15.2. The normalized spacial score (nSPS) is 61.7. The zero-order chi connectivity index (χ0) is 22.5. The summed E-state index contributed by atoms with van der Waals surface area (Å²) < 4.78 is 13.2. The Hall–Kier alpha value is -0.200. The van der Waals surface area contributed by atoms with Crippen molar-refractivity contribution in [1.82, 2.24) is 0 Å². The first kappa shape index (κ1) is 22.3. The van der Waals surface area contributed by atoms with Gasteiger partial charge in [0.05, 0.1) is 24.9 Å². The predicted molar refractivity (Wildman–Crippen MR) is 121 cm³/mol. The second-order valence-electron chi connectivity index (χ2n) is 13.1. The van der Waals surface area contributed by atoms with Crippen molar-refractivity contribution in [3.8, 4) is 0 Å². The molecule has 3 N–H and O–H groups in total. The van der Waals surface area contributed by atoms with Gasteiger partial charge < -0.3 is 24.8 Å². The van der Waals surface area contributed by atoms with E-state index >= 15 is 0 Å². The number of hydrogen-bond donors (Lipinski definition) is 3. The molecule has 6 rings (SSSR count). The molecule has 2 aliphatic heterocycles. The monoisotopic (exact) mass is 448 g/mol. The van der Waals surface area contributed by atoms with Gasteiger partial charge in [0.15, 0.2) is 5.79 Å². The van der Waals surface area contributed by atoms with Crippen molar-refractivity contribution < 1.29 is 24.8 Å². The highest BCUT2D eigenvalue weighted by Crippen LogP contribution is 2.71. The van der Waals surface area contributed by atoms with Crippen LogP contribution in [0.15, 0.2) is 0 Å². The Bertz CT molecular complexity index is 734. The van der Waals surface area contributed by atoms with Crippen molar-refractivity contribution in [3.05, 3.63) is 0 Å². The Labute approximate surface area is 193 Å². The molecule has 0 aromatic rings. The summed E-state index contributed by atoms with van der Waals surface area (Å²) in [5.41, 5.74) is 0.0639. The van der Waals surface area contributed by atoms with E-state index in [0.29, 0.717) is 41.4 Å². The van der Waals surface area contributed by atoms with E-state index in [-0.39, 0.29) is 23.5 Å². The van der Waals surface area contributed by atoms with Crippen molar-refractivity contribution >= 4 is 0 Å². The van der Waals surface area contributed by atoms with Crippen LogP contribution in [0.25, 0.3) is 0 Å².